The molecular weight excluding hydrogens is 278 g/mol. The van der Waals surface area contributed by atoms with Crippen LogP contribution in [0.4, 0.5) is 0 Å². The summed E-state index contributed by atoms with van der Waals surface area (Å²) in [7, 11) is 1.96. The SMILES string of the molecule is CC(O)CCN(C)Cc1noc(-c2cccc(Cl)c2)n1. The molecule has 0 radical (unpaired) electrons. The van der Waals surface area contributed by atoms with Gasteiger partial charge in [-0.1, -0.05) is 22.8 Å². The van der Waals surface area contributed by atoms with E-state index in [-0.39, 0.29) is 6.10 Å². The first-order valence-corrected chi connectivity index (χ1v) is 6.87. The fourth-order valence-corrected chi connectivity index (χ4v) is 1.97. The van der Waals surface area contributed by atoms with Crippen LogP contribution in [-0.4, -0.2) is 39.8 Å². The number of aromatic nitrogens is 2. The maximum Gasteiger partial charge on any atom is 0.258 e. The molecule has 0 aliphatic heterocycles. The monoisotopic (exact) mass is 295 g/mol. The second-order valence-electron chi connectivity index (χ2n) is 4.90. The van der Waals surface area contributed by atoms with Gasteiger partial charge in [-0.2, -0.15) is 4.98 Å². The third kappa shape index (κ3) is 4.30. The molecule has 2 rings (SSSR count). The predicted octanol–water partition coefficient (Wildman–Crippen LogP) is 2.59. The molecule has 1 atom stereocenters. The van der Waals surface area contributed by atoms with Crippen LogP contribution in [0, 0.1) is 0 Å². The molecule has 1 unspecified atom stereocenters. The third-order valence-corrected chi connectivity index (χ3v) is 3.11. The molecule has 20 heavy (non-hydrogen) atoms. The maximum absolute atomic E-state index is 9.26. The molecule has 108 valence electrons. The summed E-state index contributed by atoms with van der Waals surface area (Å²) in [6, 6.07) is 7.30. The van der Waals surface area contributed by atoms with Gasteiger partial charge in [0.1, 0.15) is 0 Å². The van der Waals surface area contributed by atoms with E-state index in [1.54, 1.807) is 19.1 Å². The van der Waals surface area contributed by atoms with Crippen molar-refractivity contribution in [3.05, 3.63) is 35.1 Å². The maximum atomic E-state index is 9.26. The van der Waals surface area contributed by atoms with E-state index in [1.165, 1.54) is 0 Å². The summed E-state index contributed by atoms with van der Waals surface area (Å²) in [5.74, 6) is 1.08. The van der Waals surface area contributed by atoms with E-state index >= 15 is 0 Å². The van der Waals surface area contributed by atoms with Gasteiger partial charge in [-0.25, -0.2) is 0 Å². The second kappa shape index (κ2) is 6.83. The fraction of sp³-hybridized carbons (Fsp3) is 0.429. The van der Waals surface area contributed by atoms with Crippen LogP contribution in [0.15, 0.2) is 28.8 Å². The molecule has 5 nitrogen and oxygen atoms in total. The van der Waals surface area contributed by atoms with Gasteiger partial charge in [0.05, 0.1) is 12.6 Å². The highest BCUT2D eigenvalue weighted by Crippen LogP contribution is 2.21. The van der Waals surface area contributed by atoms with Gasteiger partial charge >= 0.3 is 0 Å². The van der Waals surface area contributed by atoms with E-state index in [2.05, 4.69) is 10.1 Å². The summed E-state index contributed by atoms with van der Waals surface area (Å²) >= 11 is 5.93. The summed E-state index contributed by atoms with van der Waals surface area (Å²) in [6.45, 7) is 3.13. The lowest BCUT2D eigenvalue weighted by atomic mass is 10.2. The lowest BCUT2D eigenvalue weighted by molar-refractivity contribution is 0.161. The van der Waals surface area contributed by atoms with Crippen LogP contribution >= 0.6 is 11.6 Å². The highest BCUT2D eigenvalue weighted by Gasteiger charge is 2.11. The van der Waals surface area contributed by atoms with Gasteiger partial charge in [-0.15, -0.1) is 0 Å². The smallest absolute Gasteiger partial charge is 0.258 e. The minimum absolute atomic E-state index is 0.301. The highest BCUT2D eigenvalue weighted by atomic mass is 35.5. The van der Waals surface area contributed by atoms with Crippen molar-refractivity contribution in [2.75, 3.05) is 13.6 Å². The van der Waals surface area contributed by atoms with Crippen LogP contribution in [0.25, 0.3) is 11.5 Å². The van der Waals surface area contributed by atoms with E-state index in [0.717, 1.165) is 18.5 Å². The molecule has 0 bridgehead atoms. The topological polar surface area (TPSA) is 62.4 Å². The lowest BCUT2D eigenvalue weighted by Gasteiger charge is -2.14. The molecule has 1 aromatic heterocycles. The zero-order chi connectivity index (χ0) is 14.5. The zero-order valence-electron chi connectivity index (χ0n) is 11.6. The molecule has 0 saturated carbocycles. The highest BCUT2D eigenvalue weighted by molar-refractivity contribution is 6.30. The number of benzene rings is 1. The minimum Gasteiger partial charge on any atom is -0.393 e. The molecule has 1 aromatic carbocycles. The number of aliphatic hydroxyl groups excluding tert-OH is 1. The van der Waals surface area contributed by atoms with E-state index in [0.29, 0.717) is 23.3 Å². The van der Waals surface area contributed by atoms with Crippen molar-refractivity contribution >= 4 is 11.6 Å². The molecule has 0 spiro atoms. The Labute approximate surface area is 123 Å². The van der Waals surface area contributed by atoms with Crippen LogP contribution in [-0.2, 0) is 6.54 Å². The van der Waals surface area contributed by atoms with Crippen molar-refractivity contribution in [3.8, 4) is 11.5 Å². The molecule has 0 fully saturated rings. The Morgan fingerprint density at radius 1 is 1.45 bits per heavy atom. The summed E-state index contributed by atoms with van der Waals surface area (Å²) in [5.41, 5.74) is 0.808. The van der Waals surface area contributed by atoms with Crippen molar-refractivity contribution < 1.29 is 9.63 Å². The second-order valence-corrected chi connectivity index (χ2v) is 5.34. The van der Waals surface area contributed by atoms with Crippen molar-refractivity contribution in [1.82, 2.24) is 15.0 Å². The molecule has 2 aromatic rings. The number of halogens is 1. The van der Waals surface area contributed by atoms with Crippen molar-refractivity contribution in [3.63, 3.8) is 0 Å². The van der Waals surface area contributed by atoms with Gasteiger partial charge in [0, 0.05) is 17.1 Å². The Morgan fingerprint density at radius 2 is 2.25 bits per heavy atom. The first kappa shape index (κ1) is 15.0. The van der Waals surface area contributed by atoms with Gasteiger partial charge in [0.2, 0.25) is 0 Å². The Balaban J connectivity index is 1.99. The van der Waals surface area contributed by atoms with Gasteiger partial charge in [0.15, 0.2) is 5.82 Å². The molecule has 0 aliphatic carbocycles. The zero-order valence-corrected chi connectivity index (χ0v) is 12.3. The number of aliphatic hydroxyl groups is 1. The molecule has 0 amide bonds. The van der Waals surface area contributed by atoms with Crippen LogP contribution in [0.2, 0.25) is 5.02 Å². The van der Waals surface area contributed by atoms with Gasteiger partial charge in [-0.05, 0) is 38.6 Å². The van der Waals surface area contributed by atoms with Crippen molar-refractivity contribution in [1.29, 1.82) is 0 Å². The van der Waals surface area contributed by atoms with E-state index < -0.39 is 0 Å². The first-order valence-electron chi connectivity index (χ1n) is 6.49. The van der Waals surface area contributed by atoms with E-state index in [1.807, 2.05) is 24.1 Å². The van der Waals surface area contributed by atoms with Gasteiger partial charge in [0.25, 0.3) is 5.89 Å². The molecular formula is C14H18ClN3O2. The predicted molar refractivity (Wildman–Crippen MR) is 77.4 cm³/mol. The summed E-state index contributed by atoms with van der Waals surface area (Å²) in [4.78, 5) is 6.39. The van der Waals surface area contributed by atoms with Crippen molar-refractivity contribution in [2.24, 2.45) is 0 Å². The lowest BCUT2D eigenvalue weighted by Crippen LogP contribution is -2.22. The summed E-state index contributed by atoms with van der Waals surface area (Å²) in [6.07, 6.45) is 0.417. The first-order chi connectivity index (χ1) is 9.54. The molecule has 1 heterocycles. The number of nitrogens with zero attached hydrogens (tertiary/aromatic N) is 3. The number of hydrogen-bond donors (Lipinski definition) is 1. The largest absolute Gasteiger partial charge is 0.393 e. The number of hydrogen-bond acceptors (Lipinski definition) is 5. The van der Waals surface area contributed by atoms with Crippen LogP contribution in [0.1, 0.15) is 19.2 Å². The Bertz CT molecular complexity index is 557. The Kier molecular flexibility index (Phi) is 5.11. The van der Waals surface area contributed by atoms with Crippen LogP contribution in [0.5, 0.6) is 0 Å². The number of rotatable bonds is 6. The van der Waals surface area contributed by atoms with E-state index in [9.17, 15) is 5.11 Å². The van der Waals surface area contributed by atoms with E-state index in [4.69, 9.17) is 16.1 Å². The Morgan fingerprint density at radius 3 is 2.95 bits per heavy atom. The van der Waals surface area contributed by atoms with Crippen LogP contribution < -0.4 is 0 Å². The normalized spacial score (nSPS) is 12.8. The van der Waals surface area contributed by atoms with Gasteiger partial charge in [-0.3, -0.25) is 4.90 Å². The molecule has 6 heteroatoms. The molecule has 1 N–H and O–H groups in total. The van der Waals surface area contributed by atoms with Crippen molar-refractivity contribution in [2.45, 2.75) is 26.0 Å². The average molecular weight is 296 g/mol. The average Bonchev–Trinajstić information content (AvgIpc) is 2.85. The molecule has 0 aliphatic rings. The third-order valence-electron chi connectivity index (χ3n) is 2.88. The molecule has 0 saturated heterocycles. The standard InChI is InChI=1S/C14H18ClN3O2/c1-10(19)6-7-18(2)9-13-16-14(20-17-13)11-4-3-5-12(15)8-11/h3-5,8,10,19H,6-7,9H2,1-2H3. The van der Waals surface area contributed by atoms with Gasteiger partial charge < -0.3 is 9.63 Å². The quantitative estimate of drug-likeness (QED) is 0.887. The summed E-state index contributed by atoms with van der Waals surface area (Å²) < 4.78 is 5.24. The summed E-state index contributed by atoms with van der Waals surface area (Å²) in [5, 5.41) is 13.8. The fourth-order valence-electron chi connectivity index (χ4n) is 1.78. The Hall–Kier alpha value is -1.43. The minimum atomic E-state index is -0.301. The van der Waals surface area contributed by atoms with Crippen LogP contribution in [0.3, 0.4) is 0 Å².